The summed E-state index contributed by atoms with van der Waals surface area (Å²) in [6.45, 7) is 0. The van der Waals surface area contributed by atoms with Crippen molar-refractivity contribution < 1.29 is 9.72 Å². The van der Waals surface area contributed by atoms with Crippen LogP contribution < -0.4 is 5.32 Å². The molecule has 2 N–H and O–H groups in total. The van der Waals surface area contributed by atoms with Crippen molar-refractivity contribution in [3.05, 3.63) is 55.8 Å². The molecular formula is C11H7BrClN3O3. The van der Waals surface area contributed by atoms with Gasteiger partial charge in [0.25, 0.3) is 11.6 Å². The Morgan fingerprint density at radius 1 is 1.42 bits per heavy atom. The second-order valence-corrected chi connectivity index (χ2v) is 4.93. The monoisotopic (exact) mass is 343 g/mol. The fraction of sp³-hybridized carbons (Fsp3) is 0. The van der Waals surface area contributed by atoms with Crippen molar-refractivity contribution in [1.82, 2.24) is 4.98 Å². The minimum Gasteiger partial charge on any atom is -0.351 e. The first-order valence-electron chi connectivity index (χ1n) is 5.06. The van der Waals surface area contributed by atoms with Crippen molar-refractivity contribution in [3.8, 4) is 0 Å². The van der Waals surface area contributed by atoms with Gasteiger partial charge in [-0.3, -0.25) is 14.9 Å². The van der Waals surface area contributed by atoms with Crippen LogP contribution >= 0.6 is 27.5 Å². The molecule has 0 saturated carbocycles. The number of benzene rings is 1. The van der Waals surface area contributed by atoms with Crippen LogP contribution in [-0.2, 0) is 0 Å². The maximum absolute atomic E-state index is 11.9. The number of rotatable bonds is 3. The molecule has 1 amide bonds. The summed E-state index contributed by atoms with van der Waals surface area (Å²) in [7, 11) is 0. The minimum absolute atomic E-state index is 0.0859. The Balaban J connectivity index is 2.20. The largest absolute Gasteiger partial charge is 0.351 e. The van der Waals surface area contributed by atoms with Crippen molar-refractivity contribution >= 4 is 44.8 Å². The van der Waals surface area contributed by atoms with Gasteiger partial charge in [0.05, 0.1) is 21.8 Å². The number of hydrogen-bond acceptors (Lipinski definition) is 3. The number of hydrogen-bond donors (Lipinski definition) is 2. The number of nitrogens with zero attached hydrogens (tertiary/aromatic N) is 1. The number of nitro groups is 1. The lowest BCUT2D eigenvalue weighted by molar-refractivity contribution is -0.384. The number of carbonyl (C=O) groups excluding carboxylic acids is 1. The van der Waals surface area contributed by atoms with Gasteiger partial charge in [0.1, 0.15) is 5.69 Å². The van der Waals surface area contributed by atoms with E-state index in [1.54, 1.807) is 18.2 Å². The molecule has 1 aromatic heterocycles. The first-order chi connectivity index (χ1) is 8.97. The molecule has 0 saturated heterocycles. The van der Waals surface area contributed by atoms with Crippen molar-refractivity contribution in [1.29, 1.82) is 0 Å². The molecule has 1 aromatic carbocycles. The highest BCUT2D eigenvalue weighted by molar-refractivity contribution is 9.10. The molecule has 0 unspecified atom stereocenters. The second kappa shape index (κ2) is 5.41. The normalized spacial score (nSPS) is 10.2. The number of nitrogens with one attached hydrogen (secondary N) is 2. The zero-order chi connectivity index (χ0) is 14.0. The summed E-state index contributed by atoms with van der Waals surface area (Å²) in [4.78, 5) is 24.3. The molecule has 19 heavy (non-hydrogen) atoms. The van der Waals surface area contributed by atoms with E-state index in [9.17, 15) is 14.9 Å². The van der Waals surface area contributed by atoms with Gasteiger partial charge in [-0.25, -0.2) is 0 Å². The van der Waals surface area contributed by atoms with Crippen LogP contribution in [0.25, 0.3) is 0 Å². The van der Waals surface area contributed by atoms with Crippen LogP contribution in [0, 0.1) is 10.1 Å². The molecule has 6 nitrogen and oxygen atoms in total. The fourth-order valence-electron chi connectivity index (χ4n) is 1.40. The van der Waals surface area contributed by atoms with E-state index in [0.29, 0.717) is 10.7 Å². The highest BCUT2D eigenvalue weighted by Gasteiger charge is 2.15. The number of halogens is 2. The number of aromatic amines is 1. The Labute approximate surface area is 121 Å². The summed E-state index contributed by atoms with van der Waals surface area (Å²) in [6.07, 6.45) is 1.15. The highest BCUT2D eigenvalue weighted by Crippen LogP contribution is 2.26. The summed E-state index contributed by atoms with van der Waals surface area (Å²) >= 11 is 9.19. The molecule has 0 bridgehead atoms. The van der Waals surface area contributed by atoms with Crippen LogP contribution in [-0.4, -0.2) is 15.8 Å². The first kappa shape index (κ1) is 13.6. The van der Waals surface area contributed by atoms with Gasteiger partial charge in [0.2, 0.25) is 0 Å². The van der Waals surface area contributed by atoms with E-state index < -0.39 is 10.8 Å². The molecule has 0 radical (unpaired) electrons. The molecule has 2 aromatic rings. The third-order valence-electron chi connectivity index (χ3n) is 2.30. The average Bonchev–Trinajstić information content (AvgIpc) is 2.83. The Hall–Kier alpha value is -1.86. The lowest BCUT2D eigenvalue weighted by atomic mass is 10.3. The zero-order valence-corrected chi connectivity index (χ0v) is 11.7. The Morgan fingerprint density at radius 3 is 2.79 bits per heavy atom. The van der Waals surface area contributed by atoms with Gasteiger partial charge < -0.3 is 10.3 Å². The van der Waals surface area contributed by atoms with E-state index >= 15 is 0 Å². The van der Waals surface area contributed by atoms with Crippen LogP contribution in [0.4, 0.5) is 11.4 Å². The average molecular weight is 345 g/mol. The predicted octanol–water partition coefficient (Wildman–Crippen LogP) is 3.59. The number of carbonyl (C=O) groups is 1. The van der Waals surface area contributed by atoms with Gasteiger partial charge in [-0.05, 0) is 18.2 Å². The SMILES string of the molecule is O=C(Nc1cc(Br)ccc1Cl)c1cc([N+](=O)[O-])c[nH]1. The van der Waals surface area contributed by atoms with Gasteiger partial charge in [0.15, 0.2) is 0 Å². The quantitative estimate of drug-likeness (QED) is 0.659. The van der Waals surface area contributed by atoms with Gasteiger partial charge in [0, 0.05) is 10.5 Å². The molecule has 0 fully saturated rings. The molecule has 0 spiro atoms. The van der Waals surface area contributed by atoms with Gasteiger partial charge in [-0.2, -0.15) is 0 Å². The molecule has 0 atom stereocenters. The summed E-state index contributed by atoms with van der Waals surface area (Å²) in [5.41, 5.74) is 0.325. The van der Waals surface area contributed by atoms with Gasteiger partial charge in [-0.15, -0.1) is 0 Å². The molecule has 0 aliphatic carbocycles. The summed E-state index contributed by atoms with van der Waals surface area (Å²) < 4.78 is 0.754. The van der Waals surface area contributed by atoms with Crippen LogP contribution in [0.2, 0.25) is 5.02 Å². The van der Waals surface area contributed by atoms with Crippen LogP contribution in [0.3, 0.4) is 0 Å². The van der Waals surface area contributed by atoms with E-state index in [2.05, 4.69) is 26.2 Å². The smallest absolute Gasteiger partial charge is 0.287 e. The summed E-state index contributed by atoms with van der Waals surface area (Å²) in [5.74, 6) is -0.506. The third kappa shape index (κ3) is 3.12. The first-order valence-corrected chi connectivity index (χ1v) is 6.23. The number of H-pyrrole nitrogens is 1. The molecule has 0 aliphatic heterocycles. The fourth-order valence-corrected chi connectivity index (χ4v) is 1.93. The highest BCUT2D eigenvalue weighted by atomic mass is 79.9. The standard InChI is InChI=1S/C11H7BrClN3O3/c12-6-1-2-8(13)9(3-6)15-11(17)10-4-7(5-14-10)16(18)19/h1-5,14H,(H,15,17). The van der Waals surface area contributed by atoms with Crippen LogP contribution in [0.1, 0.15) is 10.5 Å². The Morgan fingerprint density at radius 2 is 2.16 bits per heavy atom. The zero-order valence-electron chi connectivity index (χ0n) is 9.31. The lowest BCUT2D eigenvalue weighted by Gasteiger charge is -2.06. The van der Waals surface area contributed by atoms with Crippen LogP contribution in [0.5, 0.6) is 0 Å². The third-order valence-corrected chi connectivity index (χ3v) is 3.12. The molecule has 0 aliphatic rings. The van der Waals surface area contributed by atoms with E-state index in [1.807, 2.05) is 0 Å². The molecular weight excluding hydrogens is 337 g/mol. The molecule has 2 rings (SSSR count). The van der Waals surface area contributed by atoms with E-state index in [-0.39, 0.29) is 11.4 Å². The maximum atomic E-state index is 11.9. The topological polar surface area (TPSA) is 88.0 Å². The number of amides is 1. The maximum Gasteiger partial charge on any atom is 0.287 e. The number of aromatic nitrogens is 1. The van der Waals surface area contributed by atoms with Crippen molar-refractivity contribution in [2.45, 2.75) is 0 Å². The van der Waals surface area contributed by atoms with E-state index in [0.717, 1.165) is 16.7 Å². The molecule has 8 heteroatoms. The summed E-state index contributed by atoms with van der Waals surface area (Å²) in [6, 6.07) is 6.15. The van der Waals surface area contributed by atoms with Crippen molar-refractivity contribution in [2.24, 2.45) is 0 Å². The lowest BCUT2D eigenvalue weighted by Crippen LogP contribution is -2.12. The Bertz CT molecular complexity index is 656. The second-order valence-electron chi connectivity index (χ2n) is 3.61. The van der Waals surface area contributed by atoms with Gasteiger partial charge in [-0.1, -0.05) is 27.5 Å². The van der Waals surface area contributed by atoms with Gasteiger partial charge >= 0.3 is 0 Å². The molecule has 98 valence electrons. The predicted molar refractivity (Wildman–Crippen MR) is 74.6 cm³/mol. The van der Waals surface area contributed by atoms with Crippen molar-refractivity contribution in [2.75, 3.05) is 5.32 Å². The molecule has 1 heterocycles. The van der Waals surface area contributed by atoms with Crippen LogP contribution in [0.15, 0.2) is 34.9 Å². The Kier molecular flexibility index (Phi) is 3.87. The van der Waals surface area contributed by atoms with E-state index in [4.69, 9.17) is 11.6 Å². The summed E-state index contributed by atoms with van der Waals surface area (Å²) in [5, 5.41) is 13.5. The number of anilines is 1. The van der Waals surface area contributed by atoms with E-state index in [1.165, 1.54) is 0 Å². The minimum atomic E-state index is -0.584. The van der Waals surface area contributed by atoms with Crippen molar-refractivity contribution in [3.63, 3.8) is 0 Å².